The van der Waals surface area contributed by atoms with Gasteiger partial charge in [0, 0.05) is 18.2 Å². The van der Waals surface area contributed by atoms with Gasteiger partial charge in [-0.05, 0) is 24.6 Å². The molecule has 39 heavy (non-hydrogen) atoms. The van der Waals surface area contributed by atoms with Crippen LogP contribution < -0.4 is 23.8 Å². The molecule has 10 nitrogen and oxygen atoms in total. The number of nitrogens with one attached hydrogen (secondary N) is 1. The third-order valence-corrected chi connectivity index (χ3v) is 6.67. The van der Waals surface area contributed by atoms with Gasteiger partial charge in [-0.3, -0.25) is 14.5 Å². The summed E-state index contributed by atoms with van der Waals surface area (Å²) in [5.41, 5.74) is 2.77. The van der Waals surface area contributed by atoms with Gasteiger partial charge in [-0.15, -0.1) is 0 Å². The lowest BCUT2D eigenvalue weighted by molar-refractivity contribution is -0.132. The lowest BCUT2D eigenvalue weighted by atomic mass is 9.94. The van der Waals surface area contributed by atoms with Crippen LogP contribution in [0.25, 0.3) is 16.8 Å². The summed E-state index contributed by atoms with van der Waals surface area (Å²) in [6.07, 6.45) is 0. The monoisotopic (exact) mass is 529 g/mol. The standard InChI is InChI=1S/C29H27N3O7/c1-15-7-6-8-16(11-15)25-24(26(33)18-10-9-17(36-2)12-21(18)37-3)27(34)28(35)32(25)29-30-19-13-22(38-4)23(39-5)14-20(19)31-29/h6-14,25,33H,1-5H3,(H,30,31)/b26-24+. The molecule has 0 bridgehead atoms. The molecule has 1 atom stereocenters. The topological polar surface area (TPSA) is 123 Å². The number of aliphatic hydroxyl groups excluding tert-OH is 1. The fourth-order valence-electron chi connectivity index (χ4n) is 4.78. The number of aliphatic hydroxyl groups is 1. The fraction of sp³-hybridized carbons (Fsp3) is 0.207. The summed E-state index contributed by atoms with van der Waals surface area (Å²) in [6, 6.07) is 14.6. The first-order chi connectivity index (χ1) is 18.8. The van der Waals surface area contributed by atoms with E-state index < -0.39 is 17.7 Å². The van der Waals surface area contributed by atoms with Gasteiger partial charge >= 0.3 is 5.91 Å². The summed E-state index contributed by atoms with van der Waals surface area (Å²) < 4.78 is 21.5. The van der Waals surface area contributed by atoms with Crippen molar-refractivity contribution in [3.8, 4) is 23.0 Å². The first-order valence-electron chi connectivity index (χ1n) is 12.0. The zero-order valence-corrected chi connectivity index (χ0v) is 22.1. The number of H-pyrrole nitrogens is 1. The number of carbonyl (C=O) groups is 2. The number of carbonyl (C=O) groups excluding carboxylic acids is 2. The number of ether oxygens (including phenoxy) is 4. The van der Waals surface area contributed by atoms with Gasteiger partial charge in [0.2, 0.25) is 5.95 Å². The number of Topliss-reactive ketones (excluding diaryl/α,β-unsaturated/α-hetero) is 1. The van der Waals surface area contributed by atoms with Crippen molar-refractivity contribution >= 4 is 34.4 Å². The number of hydrogen-bond donors (Lipinski definition) is 2. The van der Waals surface area contributed by atoms with E-state index in [-0.39, 0.29) is 28.6 Å². The smallest absolute Gasteiger partial charge is 0.302 e. The van der Waals surface area contributed by atoms with Gasteiger partial charge in [0.05, 0.1) is 56.7 Å². The molecule has 2 N–H and O–H groups in total. The minimum atomic E-state index is -0.971. The lowest BCUT2D eigenvalue weighted by Crippen LogP contribution is -2.30. The molecule has 5 rings (SSSR count). The molecule has 1 aliphatic heterocycles. The Labute approximate surface area is 224 Å². The van der Waals surface area contributed by atoms with Crippen molar-refractivity contribution in [3.05, 3.63) is 76.9 Å². The van der Waals surface area contributed by atoms with Gasteiger partial charge in [0.25, 0.3) is 5.78 Å². The van der Waals surface area contributed by atoms with Gasteiger partial charge in [-0.2, -0.15) is 0 Å². The second kappa shape index (κ2) is 10.1. The molecular weight excluding hydrogens is 502 g/mol. The van der Waals surface area contributed by atoms with E-state index in [4.69, 9.17) is 18.9 Å². The Morgan fingerprint density at radius 2 is 1.62 bits per heavy atom. The lowest BCUT2D eigenvalue weighted by Gasteiger charge is -2.23. The number of aromatic amines is 1. The maximum absolute atomic E-state index is 13.6. The van der Waals surface area contributed by atoms with E-state index in [1.165, 1.54) is 33.3 Å². The van der Waals surface area contributed by atoms with Crippen molar-refractivity contribution < 1.29 is 33.6 Å². The SMILES string of the molecule is COc1ccc(/C(O)=C2\C(=O)C(=O)N(c3nc4cc(OC)c(OC)cc4[nH]3)C2c2cccc(C)c2)c(OC)c1. The molecule has 0 aliphatic carbocycles. The van der Waals surface area contributed by atoms with Crippen molar-refractivity contribution in [2.45, 2.75) is 13.0 Å². The molecule has 0 radical (unpaired) electrons. The van der Waals surface area contributed by atoms with Crippen LogP contribution in [-0.4, -0.2) is 55.2 Å². The summed E-state index contributed by atoms with van der Waals surface area (Å²) in [4.78, 5) is 36.1. The normalized spacial score (nSPS) is 16.5. The summed E-state index contributed by atoms with van der Waals surface area (Å²) >= 11 is 0. The molecule has 1 aromatic heterocycles. The maximum Gasteiger partial charge on any atom is 0.302 e. The molecule has 200 valence electrons. The van der Waals surface area contributed by atoms with E-state index in [1.54, 1.807) is 36.4 Å². The Bertz CT molecular complexity index is 1600. The Hall–Kier alpha value is -4.99. The van der Waals surface area contributed by atoms with Crippen LogP contribution in [0.3, 0.4) is 0 Å². The van der Waals surface area contributed by atoms with E-state index in [0.717, 1.165) is 5.56 Å². The van der Waals surface area contributed by atoms with Gasteiger partial charge in [0.15, 0.2) is 11.5 Å². The van der Waals surface area contributed by atoms with E-state index in [1.807, 2.05) is 25.1 Å². The predicted octanol–water partition coefficient (Wildman–Crippen LogP) is 4.53. The molecule has 0 spiro atoms. The number of methoxy groups -OCH3 is 4. The Morgan fingerprint density at radius 1 is 0.897 bits per heavy atom. The number of aromatic nitrogens is 2. The van der Waals surface area contributed by atoms with Crippen LogP contribution in [0, 0.1) is 6.92 Å². The molecule has 10 heteroatoms. The molecule has 4 aromatic rings. The Balaban J connectivity index is 1.74. The van der Waals surface area contributed by atoms with Crippen LogP contribution in [-0.2, 0) is 9.59 Å². The third kappa shape index (κ3) is 4.29. The second-order valence-electron chi connectivity index (χ2n) is 8.93. The zero-order valence-electron chi connectivity index (χ0n) is 22.1. The molecule has 1 unspecified atom stereocenters. The summed E-state index contributed by atoms with van der Waals surface area (Å²) in [5.74, 6) is -0.204. The van der Waals surface area contributed by atoms with Crippen LogP contribution in [0.2, 0.25) is 0 Å². The van der Waals surface area contributed by atoms with Crippen LogP contribution in [0.1, 0.15) is 22.7 Å². The number of rotatable bonds is 7. The molecule has 3 aromatic carbocycles. The highest BCUT2D eigenvalue weighted by Crippen LogP contribution is 2.44. The predicted molar refractivity (Wildman–Crippen MR) is 145 cm³/mol. The van der Waals surface area contributed by atoms with Gasteiger partial charge < -0.3 is 29.0 Å². The maximum atomic E-state index is 13.6. The average Bonchev–Trinajstić information content (AvgIpc) is 3.48. The molecule has 2 heterocycles. The van der Waals surface area contributed by atoms with E-state index in [9.17, 15) is 14.7 Å². The van der Waals surface area contributed by atoms with Gasteiger partial charge in [-0.25, -0.2) is 4.98 Å². The molecule has 0 saturated carbocycles. The Kier molecular flexibility index (Phi) is 6.61. The van der Waals surface area contributed by atoms with Gasteiger partial charge in [-0.1, -0.05) is 29.8 Å². The van der Waals surface area contributed by atoms with Crippen LogP contribution in [0.5, 0.6) is 23.0 Å². The first kappa shape index (κ1) is 25.7. The highest BCUT2D eigenvalue weighted by Gasteiger charge is 2.48. The van der Waals surface area contributed by atoms with Crippen molar-refractivity contribution in [3.63, 3.8) is 0 Å². The number of nitrogens with zero attached hydrogens (tertiary/aromatic N) is 2. The zero-order chi connectivity index (χ0) is 27.8. The van der Waals surface area contributed by atoms with E-state index in [0.29, 0.717) is 33.8 Å². The average molecular weight is 530 g/mol. The number of ketones is 1. The molecule has 1 fully saturated rings. The molecule has 1 saturated heterocycles. The van der Waals surface area contributed by atoms with Crippen molar-refractivity contribution in [2.24, 2.45) is 0 Å². The van der Waals surface area contributed by atoms with Crippen molar-refractivity contribution in [1.82, 2.24) is 9.97 Å². The molecule has 1 aliphatic rings. The summed E-state index contributed by atoms with van der Waals surface area (Å²) in [6.45, 7) is 1.90. The third-order valence-electron chi connectivity index (χ3n) is 6.67. The number of fused-ring (bicyclic) bond motifs is 1. The number of anilines is 1. The number of imidazole rings is 1. The number of hydrogen-bond acceptors (Lipinski definition) is 8. The van der Waals surface area contributed by atoms with Crippen LogP contribution in [0.4, 0.5) is 5.95 Å². The fourth-order valence-corrected chi connectivity index (χ4v) is 4.78. The number of amides is 1. The first-order valence-corrected chi connectivity index (χ1v) is 12.0. The van der Waals surface area contributed by atoms with Gasteiger partial charge in [0.1, 0.15) is 17.3 Å². The second-order valence-corrected chi connectivity index (χ2v) is 8.93. The summed E-state index contributed by atoms with van der Waals surface area (Å²) in [5, 5.41) is 11.5. The van der Waals surface area contributed by atoms with Crippen LogP contribution in [0.15, 0.2) is 60.2 Å². The van der Waals surface area contributed by atoms with E-state index >= 15 is 0 Å². The Morgan fingerprint density at radius 3 is 2.28 bits per heavy atom. The van der Waals surface area contributed by atoms with Crippen molar-refractivity contribution in [1.29, 1.82) is 0 Å². The highest BCUT2D eigenvalue weighted by molar-refractivity contribution is 6.51. The largest absolute Gasteiger partial charge is 0.507 e. The van der Waals surface area contributed by atoms with Crippen molar-refractivity contribution in [2.75, 3.05) is 33.3 Å². The molecular formula is C29H27N3O7. The van der Waals surface area contributed by atoms with E-state index in [2.05, 4.69) is 9.97 Å². The number of benzene rings is 3. The minimum absolute atomic E-state index is 0.0929. The number of aryl methyl sites for hydroxylation is 1. The summed E-state index contributed by atoms with van der Waals surface area (Å²) in [7, 11) is 5.99. The molecule has 1 amide bonds. The highest BCUT2D eigenvalue weighted by atomic mass is 16.5. The quantitative estimate of drug-likeness (QED) is 0.203. The van der Waals surface area contributed by atoms with Crippen LogP contribution >= 0.6 is 0 Å². The minimum Gasteiger partial charge on any atom is -0.507 e.